The molecule has 0 heterocycles. The summed E-state index contributed by atoms with van der Waals surface area (Å²) >= 11 is 0. The van der Waals surface area contributed by atoms with Crippen molar-refractivity contribution in [2.75, 3.05) is 6.67 Å². The number of para-hydroxylation sites is 1. The molecule has 6 heteroatoms. The van der Waals surface area contributed by atoms with Crippen LogP contribution in [0.2, 0.25) is 0 Å². The van der Waals surface area contributed by atoms with Gasteiger partial charge in [-0.05, 0) is 6.07 Å². The number of carboxylic acids is 1. The summed E-state index contributed by atoms with van der Waals surface area (Å²) in [6.07, 6.45) is -0.155. The molecule has 0 saturated heterocycles. The van der Waals surface area contributed by atoms with Crippen molar-refractivity contribution >= 4 is 11.7 Å². The lowest BCUT2D eigenvalue weighted by Crippen LogP contribution is -2.06. The number of hydrogen-bond acceptors (Lipinski definition) is 3. The Morgan fingerprint density at radius 3 is 2.67 bits per heavy atom. The number of carboxylic acid groups (broad SMARTS) is 1. The summed E-state index contributed by atoms with van der Waals surface area (Å²) in [4.78, 5) is 20.5. The third kappa shape index (κ3) is 2.28. The molecule has 0 amide bonds. The number of nitrogens with zero attached hydrogens (tertiary/aromatic N) is 1. The molecule has 0 radical (unpaired) electrons. The molecule has 1 N–H and O–H groups in total. The molecular formula is C9H8FNO4. The van der Waals surface area contributed by atoms with Gasteiger partial charge in [-0.1, -0.05) is 12.1 Å². The Hall–Kier alpha value is -1.98. The van der Waals surface area contributed by atoms with E-state index in [0.29, 0.717) is 0 Å². The van der Waals surface area contributed by atoms with Crippen molar-refractivity contribution in [2.45, 2.75) is 6.42 Å². The molecule has 1 rings (SSSR count). The van der Waals surface area contributed by atoms with Crippen molar-refractivity contribution in [2.24, 2.45) is 0 Å². The lowest BCUT2D eigenvalue weighted by atomic mass is 10.1. The van der Waals surface area contributed by atoms with Crippen LogP contribution in [0.4, 0.5) is 10.1 Å². The van der Waals surface area contributed by atoms with Gasteiger partial charge < -0.3 is 5.11 Å². The topological polar surface area (TPSA) is 80.4 Å². The fraction of sp³-hybridized carbons (Fsp3) is 0.222. The Bertz CT molecular complexity index is 405. The molecule has 0 atom stereocenters. The Morgan fingerprint density at radius 2 is 2.20 bits per heavy atom. The second-order valence-electron chi connectivity index (χ2n) is 2.81. The zero-order valence-corrected chi connectivity index (χ0v) is 7.64. The van der Waals surface area contributed by atoms with Crippen LogP contribution in [-0.2, 0) is 6.42 Å². The third-order valence-electron chi connectivity index (χ3n) is 1.90. The maximum absolute atomic E-state index is 12.1. The number of aromatic carboxylic acids is 1. The van der Waals surface area contributed by atoms with E-state index in [1.165, 1.54) is 12.1 Å². The highest BCUT2D eigenvalue weighted by Gasteiger charge is 2.23. The Kier molecular flexibility index (Phi) is 3.33. The van der Waals surface area contributed by atoms with Crippen molar-refractivity contribution in [3.63, 3.8) is 0 Å². The van der Waals surface area contributed by atoms with Gasteiger partial charge in [-0.2, -0.15) is 0 Å². The molecule has 0 fully saturated rings. The van der Waals surface area contributed by atoms with Crippen molar-refractivity contribution in [1.29, 1.82) is 0 Å². The predicted octanol–water partition coefficient (Wildman–Crippen LogP) is 1.80. The van der Waals surface area contributed by atoms with E-state index in [9.17, 15) is 19.3 Å². The number of halogens is 1. The largest absolute Gasteiger partial charge is 0.477 e. The summed E-state index contributed by atoms with van der Waals surface area (Å²) in [5.41, 5.74) is -0.837. The first-order chi connectivity index (χ1) is 7.07. The number of nitro benzene ring substituents is 1. The number of carbonyl (C=O) groups is 1. The average molecular weight is 213 g/mol. The number of aryl methyl sites for hydroxylation is 1. The first-order valence-electron chi connectivity index (χ1n) is 4.13. The van der Waals surface area contributed by atoms with E-state index in [-0.39, 0.29) is 12.0 Å². The third-order valence-corrected chi connectivity index (χ3v) is 1.90. The maximum Gasteiger partial charge on any atom is 0.342 e. The van der Waals surface area contributed by atoms with Gasteiger partial charge >= 0.3 is 5.97 Å². The Labute approximate surface area is 84.3 Å². The molecule has 0 aliphatic heterocycles. The molecule has 0 aliphatic carbocycles. The SMILES string of the molecule is O=C(O)c1cccc(CCF)c1[N+](=O)[O-]. The van der Waals surface area contributed by atoms with Crippen LogP contribution in [0.1, 0.15) is 15.9 Å². The van der Waals surface area contributed by atoms with E-state index >= 15 is 0 Å². The van der Waals surface area contributed by atoms with Crippen molar-refractivity contribution < 1.29 is 19.2 Å². The van der Waals surface area contributed by atoms with Gasteiger partial charge in [0.2, 0.25) is 0 Å². The predicted molar refractivity (Wildman–Crippen MR) is 49.7 cm³/mol. The molecule has 1 aromatic rings. The molecule has 15 heavy (non-hydrogen) atoms. The average Bonchev–Trinajstić information content (AvgIpc) is 2.17. The van der Waals surface area contributed by atoms with Crippen LogP contribution in [0.5, 0.6) is 0 Å². The summed E-state index contributed by atoms with van der Waals surface area (Å²) in [5.74, 6) is -1.39. The molecule has 0 spiro atoms. The Morgan fingerprint density at radius 1 is 1.53 bits per heavy atom. The standard InChI is InChI=1S/C9H8FNO4/c10-5-4-6-2-1-3-7(9(12)13)8(6)11(14)15/h1-3H,4-5H2,(H,12,13). The van der Waals surface area contributed by atoms with Crippen LogP contribution in [0.3, 0.4) is 0 Å². The summed E-state index contributed by atoms with van der Waals surface area (Å²) in [7, 11) is 0. The van der Waals surface area contributed by atoms with Gasteiger partial charge in [-0.15, -0.1) is 0 Å². The molecule has 0 saturated carbocycles. The quantitative estimate of drug-likeness (QED) is 0.610. The number of hydrogen-bond donors (Lipinski definition) is 1. The van der Waals surface area contributed by atoms with Gasteiger partial charge in [0.1, 0.15) is 5.56 Å². The lowest BCUT2D eigenvalue weighted by Gasteiger charge is -2.02. The summed E-state index contributed by atoms with van der Waals surface area (Å²) in [5, 5.41) is 19.4. The highest BCUT2D eigenvalue weighted by atomic mass is 19.1. The van der Waals surface area contributed by atoms with Gasteiger partial charge in [-0.3, -0.25) is 14.5 Å². The molecule has 0 aromatic heterocycles. The van der Waals surface area contributed by atoms with Crippen molar-refractivity contribution in [1.82, 2.24) is 0 Å². The zero-order valence-electron chi connectivity index (χ0n) is 7.64. The van der Waals surface area contributed by atoms with Gasteiger partial charge in [0, 0.05) is 12.0 Å². The highest BCUT2D eigenvalue weighted by Crippen LogP contribution is 2.24. The Balaban J connectivity index is 3.34. The first kappa shape index (κ1) is 11.1. The first-order valence-corrected chi connectivity index (χ1v) is 4.13. The molecule has 0 bridgehead atoms. The number of alkyl halides is 1. The smallest absolute Gasteiger partial charge is 0.342 e. The van der Waals surface area contributed by atoms with Gasteiger partial charge in [0.25, 0.3) is 5.69 Å². The summed E-state index contributed by atoms with van der Waals surface area (Å²) in [6.45, 7) is -0.760. The van der Waals surface area contributed by atoms with E-state index in [2.05, 4.69) is 0 Å². The van der Waals surface area contributed by atoms with Gasteiger partial charge in [0.15, 0.2) is 0 Å². The van der Waals surface area contributed by atoms with Gasteiger partial charge in [-0.25, -0.2) is 4.79 Å². The summed E-state index contributed by atoms with van der Waals surface area (Å²) < 4.78 is 12.1. The molecule has 80 valence electrons. The number of benzene rings is 1. The summed E-state index contributed by atoms with van der Waals surface area (Å²) in [6, 6.07) is 3.84. The second-order valence-corrected chi connectivity index (χ2v) is 2.81. The van der Waals surface area contributed by atoms with E-state index in [1.54, 1.807) is 0 Å². The number of rotatable bonds is 4. The fourth-order valence-corrected chi connectivity index (χ4v) is 1.28. The molecule has 0 unspecified atom stereocenters. The van der Waals surface area contributed by atoms with E-state index in [1.807, 2.05) is 0 Å². The minimum Gasteiger partial charge on any atom is -0.477 e. The van der Waals surface area contributed by atoms with Crippen LogP contribution < -0.4 is 0 Å². The van der Waals surface area contributed by atoms with Gasteiger partial charge in [0.05, 0.1) is 11.6 Å². The zero-order chi connectivity index (χ0) is 11.4. The van der Waals surface area contributed by atoms with Crippen LogP contribution >= 0.6 is 0 Å². The van der Waals surface area contributed by atoms with Crippen LogP contribution in [0.15, 0.2) is 18.2 Å². The molecule has 5 nitrogen and oxygen atoms in total. The normalized spacial score (nSPS) is 9.93. The van der Waals surface area contributed by atoms with Crippen molar-refractivity contribution in [3.8, 4) is 0 Å². The molecule has 0 aliphatic rings. The number of nitro groups is 1. The second kappa shape index (κ2) is 4.50. The van der Waals surface area contributed by atoms with E-state index in [4.69, 9.17) is 5.11 Å². The molecular weight excluding hydrogens is 205 g/mol. The lowest BCUT2D eigenvalue weighted by molar-refractivity contribution is -0.385. The van der Waals surface area contributed by atoms with Crippen LogP contribution in [0, 0.1) is 10.1 Å². The van der Waals surface area contributed by atoms with Crippen molar-refractivity contribution in [3.05, 3.63) is 39.4 Å². The minimum atomic E-state index is -1.39. The fourth-order valence-electron chi connectivity index (χ4n) is 1.28. The monoisotopic (exact) mass is 213 g/mol. The highest BCUT2D eigenvalue weighted by molar-refractivity contribution is 5.93. The van der Waals surface area contributed by atoms with E-state index < -0.39 is 28.8 Å². The molecule has 1 aromatic carbocycles. The van der Waals surface area contributed by atoms with Crippen LogP contribution in [0.25, 0.3) is 0 Å². The van der Waals surface area contributed by atoms with E-state index in [0.717, 1.165) is 6.07 Å². The minimum absolute atomic E-state index is 0.0994. The van der Waals surface area contributed by atoms with Crippen LogP contribution in [-0.4, -0.2) is 22.7 Å². The maximum atomic E-state index is 12.1.